The molecule has 2 aromatic rings. The normalized spacial score (nSPS) is 9.63. The van der Waals surface area contributed by atoms with E-state index in [9.17, 15) is 5.26 Å². The highest BCUT2D eigenvalue weighted by Crippen LogP contribution is 2.35. The Hall–Kier alpha value is -1.99. The maximum atomic E-state index is 9.24. The summed E-state index contributed by atoms with van der Waals surface area (Å²) in [5.74, 6) is 1.26. The predicted molar refractivity (Wildman–Crippen MR) is 69.0 cm³/mol. The van der Waals surface area contributed by atoms with Gasteiger partial charge in [-0.05, 0) is 26.0 Å². The van der Waals surface area contributed by atoms with E-state index in [2.05, 4.69) is 11.1 Å². The molecule has 0 unspecified atom stereocenters. The number of aromatic nitrogens is 1. The Balaban J connectivity index is 0.00000180. The van der Waals surface area contributed by atoms with Crippen LogP contribution in [0.4, 0.5) is 0 Å². The SMILES string of the molecule is COc1cc2c(C)nc(C)c(C#N)c2cc1OC.[Cl-]. The number of pyridine rings is 1. The van der Waals surface area contributed by atoms with Gasteiger partial charge in [0.25, 0.3) is 0 Å². The summed E-state index contributed by atoms with van der Waals surface area (Å²) in [6, 6.07) is 5.88. The van der Waals surface area contributed by atoms with Crippen LogP contribution in [0, 0.1) is 25.2 Å². The summed E-state index contributed by atoms with van der Waals surface area (Å²) < 4.78 is 10.5. The lowest BCUT2D eigenvalue weighted by Crippen LogP contribution is -3.00. The summed E-state index contributed by atoms with van der Waals surface area (Å²) in [6.45, 7) is 3.75. The predicted octanol–water partition coefficient (Wildman–Crippen LogP) is -0.255. The number of halogens is 1. The minimum Gasteiger partial charge on any atom is -1.00 e. The molecule has 0 amide bonds. The third-order valence-corrected chi connectivity index (χ3v) is 2.99. The molecule has 100 valence electrons. The molecule has 0 saturated heterocycles. The number of hydrogen-bond donors (Lipinski definition) is 0. The van der Waals surface area contributed by atoms with E-state index in [1.807, 2.05) is 26.0 Å². The Morgan fingerprint density at radius 1 is 1.00 bits per heavy atom. The van der Waals surface area contributed by atoms with Crippen molar-refractivity contribution < 1.29 is 21.9 Å². The van der Waals surface area contributed by atoms with Crippen molar-refractivity contribution in [3.05, 3.63) is 29.1 Å². The first-order chi connectivity index (χ1) is 8.62. The van der Waals surface area contributed by atoms with Crippen LogP contribution in [0.2, 0.25) is 0 Å². The van der Waals surface area contributed by atoms with E-state index in [0.717, 1.165) is 22.2 Å². The third kappa shape index (κ3) is 2.42. The van der Waals surface area contributed by atoms with Gasteiger partial charge >= 0.3 is 0 Å². The Kier molecular flexibility index (Phi) is 4.57. The fourth-order valence-electron chi connectivity index (χ4n) is 2.09. The zero-order valence-electron chi connectivity index (χ0n) is 11.2. The second-order valence-electron chi connectivity index (χ2n) is 4.02. The van der Waals surface area contributed by atoms with Crippen LogP contribution < -0.4 is 21.9 Å². The third-order valence-electron chi connectivity index (χ3n) is 2.99. The molecule has 0 aliphatic carbocycles. The maximum Gasteiger partial charge on any atom is 0.161 e. The lowest BCUT2D eigenvalue weighted by molar-refractivity contribution is -0.00000465. The quantitative estimate of drug-likeness (QED) is 0.759. The zero-order valence-corrected chi connectivity index (χ0v) is 12.0. The van der Waals surface area contributed by atoms with Crippen LogP contribution in [0.1, 0.15) is 17.0 Å². The number of aryl methyl sites for hydroxylation is 2. The van der Waals surface area contributed by atoms with Gasteiger partial charge in [0.15, 0.2) is 11.5 Å². The summed E-state index contributed by atoms with van der Waals surface area (Å²) in [7, 11) is 3.17. The van der Waals surface area contributed by atoms with Crippen molar-refractivity contribution in [2.75, 3.05) is 14.2 Å². The van der Waals surface area contributed by atoms with Crippen molar-refractivity contribution in [3.63, 3.8) is 0 Å². The molecule has 5 heteroatoms. The molecule has 2 rings (SSSR count). The summed E-state index contributed by atoms with van der Waals surface area (Å²) in [6.07, 6.45) is 0. The number of methoxy groups -OCH3 is 2. The van der Waals surface area contributed by atoms with Crippen LogP contribution in [-0.2, 0) is 0 Å². The summed E-state index contributed by atoms with van der Waals surface area (Å²) in [4.78, 5) is 4.38. The number of benzene rings is 1. The van der Waals surface area contributed by atoms with Crippen molar-refractivity contribution in [1.82, 2.24) is 4.98 Å². The molecule has 0 atom stereocenters. The van der Waals surface area contributed by atoms with Crippen LogP contribution in [0.5, 0.6) is 11.5 Å². The molecule has 0 saturated carbocycles. The highest BCUT2D eigenvalue weighted by Gasteiger charge is 2.13. The van der Waals surface area contributed by atoms with Crippen molar-refractivity contribution in [2.24, 2.45) is 0 Å². The molecule has 1 aromatic carbocycles. The van der Waals surface area contributed by atoms with E-state index in [4.69, 9.17) is 9.47 Å². The number of nitrogens with zero attached hydrogens (tertiary/aromatic N) is 2. The van der Waals surface area contributed by atoms with Gasteiger partial charge in [-0.1, -0.05) is 0 Å². The molecular formula is C14H14ClN2O2-. The van der Waals surface area contributed by atoms with E-state index in [1.54, 1.807) is 14.2 Å². The summed E-state index contributed by atoms with van der Waals surface area (Å²) in [5.41, 5.74) is 2.19. The Bertz CT molecular complexity index is 663. The molecule has 0 aliphatic heterocycles. The number of ether oxygens (including phenoxy) is 2. The second-order valence-corrected chi connectivity index (χ2v) is 4.02. The molecule has 0 aliphatic rings. The average Bonchev–Trinajstić information content (AvgIpc) is 2.37. The molecule has 0 spiro atoms. The summed E-state index contributed by atoms with van der Waals surface area (Å²) in [5, 5.41) is 11.0. The van der Waals surface area contributed by atoms with Gasteiger partial charge in [0, 0.05) is 16.5 Å². The second kappa shape index (κ2) is 5.77. The van der Waals surface area contributed by atoms with Crippen molar-refractivity contribution in [2.45, 2.75) is 13.8 Å². The molecule has 1 heterocycles. The van der Waals surface area contributed by atoms with E-state index in [-0.39, 0.29) is 12.4 Å². The van der Waals surface area contributed by atoms with Crippen LogP contribution in [0.15, 0.2) is 12.1 Å². The minimum atomic E-state index is 0. The lowest BCUT2D eigenvalue weighted by atomic mass is 10.0. The molecular weight excluding hydrogens is 264 g/mol. The lowest BCUT2D eigenvalue weighted by Gasteiger charge is -2.12. The Labute approximate surface area is 118 Å². The topological polar surface area (TPSA) is 55.1 Å². The van der Waals surface area contributed by atoms with Gasteiger partial charge in [0.1, 0.15) is 6.07 Å². The molecule has 0 bridgehead atoms. The van der Waals surface area contributed by atoms with Gasteiger partial charge in [-0.3, -0.25) is 4.98 Å². The monoisotopic (exact) mass is 277 g/mol. The largest absolute Gasteiger partial charge is 1.00 e. The number of fused-ring (bicyclic) bond motifs is 1. The van der Waals surface area contributed by atoms with Gasteiger partial charge in [-0.25, -0.2) is 0 Å². The number of rotatable bonds is 2. The molecule has 0 radical (unpaired) electrons. The molecule has 1 aromatic heterocycles. The van der Waals surface area contributed by atoms with Crippen LogP contribution in [0.25, 0.3) is 10.8 Å². The first-order valence-electron chi connectivity index (χ1n) is 5.55. The van der Waals surface area contributed by atoms with E-state index >= 15 is 0 Å². The van der Waals surface area contributed by atoms with Gasteiger partial charge in [0.2, 0.25) is 0 Å². The first-order valence-corrected chi connectivity index (χ1v) is 5.55. The zero-order chi connectivity index (χ0) is 13.3. The van der Waals surface area contributed by atoms with Crippen LogP contribution in [0.3, 0.4) is 0 Å². The molecule has 0 fully saturated rings. The number of nitriles is 1. The Morgan fingerprint density at radius 2 is 1.53 bits per heavy atom. The first kappa shape index (κ1) is 15.1. The van der Waals surface area contributed by atoms with Crippen molar-refractivity contribution in [1.29, 1.82) is 5.26 Å². The molecule has 0 N–H and O–H groups in total. The van der Waals surface area contributed by atoms with Crippen LogP contribution in [-0.4, -0.2) is 19.2 Å². The average molecular weight is 278 g/mol. The Morgan fingerprint density at radius 3 is 2.00 bits per heavy atom. The fraction of sp³-hybridized carbons (Fsp3) is 0.286. The van der Waals surface area contributed by atoms with Gasteiger partial charge in [-0.15, -0.1) is 0 Å². The van der Waals surface area contributed by atoms with Gasteiger partial charge in [-0.2, -0.15) is 5.26 Å². The molecule has 4 nitrogen and oxygen atoms in total. The van der Waals surface area contributed by atoms with Gasteiger partial charge in [0.05, 0.1) is 25.5 Å². The minimum absolute atomic E-state index is 0. The van der Waals surface area contributed by atoms with Crippen molar-refractivity contribution in [3.8, 4) is 17.6 Å². The van der Waals surface area contributed by atoms with E-state index in [1.165, 1.54) is 0 Å². The highest BCUT2D eigenvalue weighted by molar-refractivity contribution is 5.92. The fourth-order valence-corrected chi connectivity index (χ4v) is 2.09. The number of hydrogen-bond acceptors (Lipinski definition) is 4. The highest BCUT2D eigenvalue weighted by atomic mass is 35.5. The van der Waals surface area contributed by atoms with Crippen molar-refractivity contribution >= 4 is 10.8 Å². The van der Waals surface area contributed by atoms with Crippen LogP contribution >= 0.6 is 0 Å². The summed E-state index contributed by atoms with van der Waals surface area (Å²) >= 11 is 0. The standard InChI is InChI=1S/C14H14N2O2.ClH/c1-8-10-5-13(17-3)14(18-4)6-11(10)12(7-15)9(2)16-8;/h5-6H,1-4H3;1H/p-1. The molecule has 19 heavy (non-hydrogen) atoms. The van der Waals surface area contributed by atoms with E-state index in [0.29, 0.717) is 17.1 Å². The van der Waals surface area contributed by atoms with Gasteiger partial charge < -0.3 is 21.9 Å². The van der Waals surface area contributed by atoms with E-state index < -0.39 is 0 Å². The smallest absolute Gasteiger partial charge is 0.161 e. The maximum absolute atomic E-state index is 9.24.